The molecule has 0 radical (unpaired) electrons. The van der Waals surface area contributed by atoms with E-state index in [1.165, 1.54) is 35.7 Å². The summed E-state index contributed by atoms with van der Waals surface area (Å²) in [6.07, 6.45) is 6.38. The standard InChI is InChI=1S/C15H19N/c1-10-6-7-15-13(8-10)14(9-16-15)12-5-3-4-11(12)2/h6-9,11-12,16H,3-5H2,1-2H3. The Morgan fingerprint density at radius 3 is 2.88 bits per heavy atom. The summed E-state index contributed by atoms with van der Waals surface area (Å²) in [5, 5.41) is 1.44. The quantitative estimate of drug-likeness (QED) is 0.723. The van der Waals surface area contributed by atoms with Crippen molar-refractivity contribution in [2.75, 3.05) is 0 Å². The highest BCUT2D eigenvalue weighted by molar-refractivity contribution is 5.84. The molecule has 1 heterocycles. The largest absolute Gasteiger partial charge is 0.361 e. The van der Waals surface area contributed by atoms with Crippen LogP contribution in [0, 0.1) is 12.8 Å². The molecule has 84 valence electrons. The van der Waals surface area contributed by atoms with Crippen LogP contribution >= 0.6 is 0 Å². The van der Waals surface area contributed by atoms with Gasteiger partial charge in [-0.2, -0.15) is 0 Å². The van der Waals surface area contributed by atoms with E-state index in [4.69, 9.17) is 0 Å². The first kappa shape index (κ1) is 9.95. The number of fused-ring (bicyclic) bond motifs is 1. The molecule has 1 nitrogen and oxygen atoms in total. The maximum absolute atomic E-state index is 3.41. The predicted molar refractivity (Wildman–Crippen MR) is 68.8 cm³/mol. The molecule has 1 N–H and O–H groups in total. The zero-order valence-corrected chi connectivity index (χ0v) is 10.1. The van der Waals surface area contributed by atoms with Crippen molar-refractivity contribution < 1.29 is 0 Å². The third kappa shape index (κ3) is 1.46. The monoisotopic (exact) mass is 213 g/mol. The van der Waals surface area contributed by atoms with E-state index in [9.17, 15) is 0 Å². The second kappa shape index (κ2) is 3.65. The van der Waals surface area contributed by atoms with E-state index < -0.39 is 0 Å². The summed E-state index contributed by atoms with van der Waals surface area (Å²) in [4.78, 5) is 3.41. The Morgan fingerprint density at radius 2 is 2.12 bits per heavy atom. The number of aromatic amines is 1. The molecule has 1 aromatic carbocycles. The van der Waals surface area contributed by atoms with E-state index >= 15 is 0 Å². The number of benzene rings is 1. The molecule has 16 heavy (non-hydrogen) atoms. The second-order valence-corrected chi connectivity index (χ2v) is 5.31. The number of aryl methyl sites for hydroxylation is 1. The fourth-order valence-electron chi connectivity index (χ4n) is 3.17. The molecule has 0 bridgehead atoms. The number of rotatable bonds is 1. The Hall–Kier alpha value is -1.24. The number of H-pyrrole nitrogens is 1. The first-order chi connectivity index (χ1) is 7.75. The van der Waals surface area contributed by atoms with Gasteiger partial charge in [0.25, 0.3) is 0 Å². The molecule has 2 atom stereocenters. The molecule has 1 heteroatoms. The number of nitrogens with one attached hydrogen (secondary N) is 1. The van der Waals surface area contributed by atoms with Crippen LogP contribution in [-0.2, 0) is 0 Å². The Balaban J connectivity index is 2.12. The van der Waals surface area contributed by atoms with E-state index in [1.54, 1.807) is 5.56 Å². The summed E-state index contributed by atoms with van der Waals surface area (Å²) in [7, 11) is 0. The van der Waals surface area contributed by atoms with E-state index in [0.717, 1.165) is 11.8 Å². The molecule has 2 aromatic rings. The second-order valence-electron chi connectivity index (χ2n) is 5.31. The Kier molecular flexibility index (Phi) is 2.27. The van der Waals surface area contributed by atoms with Crippen LogP contribution in [0.15, 0.2) is 24.4 Å². The van der Waals surface area contributed by atoms with Crippen LogP contribution in [0.5, 0.6) is 0 Å². The maximum Gasteiger partial charge on any atom is 0.0457 e. The highest BCUT2D eigenvalue weighted by atomic mass is 14.7. The van der Waals surface area contributed by atoms with Crippen LogP contribution in [-0.4, -0.2) is 4.98 Å². The van der Waals surface area contributed by atoms with Gasteiger partial charge in [-0.3, -0.25) is 0 Å². The molecule has 1 saturated carbocycles. The van der Waals surface area contributed by atoms with Crippen molar-refractivity contribution in [2.45, 2.75) is 39.0 Å². The maximum atomic E-state index is 3.41. The van der Waals surface area contributed by atoms with E-state index in [1.807, 2.05) is 0 Å². The van der Waals surface area contributed by atoms with Crippen LogP contribution < -0.4 is 0 Å². The highest BCUT2D eigenvalue weighted by Gasteiger charge is 2.26. The molecule has 1 aliphatic carbocycles. The summed E-state index contributed by atoms with van der Waals surface area (Å²) in [6, 6.07) is 6.71. The van der Waals surface area contributed by atoms with Gasteiger partial charge in [-0.15, -0.1) is 0 Å². The smallest absolute Gasteiger partial charge is 0.0457 e. The summed E-state index contributed by atoms with van der Waals surface area (Å²) >= 11 is 0. The average molecular weight is 213 g/mol. The Labute approximate surface area is 96.9 Å². The third-order valence-electron chi connectivity index (χ3n) is 4.13. The predicted octanol–water partition coefficient (Wildman–Crippen LogP) is 4.38. The summed E-state index contributed by atoms with van der Waals surface area (Å²) < 4.78 is 0. The van der Waals surface area contributed by atoms with Gasteiger partial charge in [0, 0.05) is 17.1 Å². The van der Waals surface area contributed by atoms with Gasteiger partial charge in [0.1, 0.15) is 0 Å². The molecule has 1 fully saturated rings. The van der Waals surface area contributed by atoms with E-state index in [0.29, 0.717) is 0 Å². The molecule has 1 aliphatic rings. The lowest BCUT2D eigenvalue weighted by Crippen LogP contribution is -2.00. The van der Waals surface area contributed by atoms with Crippen LogP contribution in [0.2, 0.25) is 0 Å². The van der Waals surface area contributed by atoms with Crippen molar-refractivity contribution >= 4 is 10.9 Å². The zero-order valence-electron chi connectivity index (χ0n) is 10.1. The minimum atomic E-state index is 0.774. The van der Waals surface area contributed by atoms with Crippen LogP contribution in [0.1, 0.15) is 43.2 Å². The van der Waals surface area contributed by atoms with Gasteiger partial charge < -0.3 is 4.98 Å². The van der Waals surface area contributed by atoms with Crippen molar-refractivity contribution in [3.05, 3.63) is 35.5 Å². The number of hydrogen-bond acceptors (Lipinski definition) is 0. The van der Waals surface area contributed by atoms with Crippen molar-refractivity contribution in [3.8, 4) is 0 Å². The van der Waals surface area contributed by atoms with Gasteiger partial charge in [-0.05, 0) is 42.9 Å². The first-order valence-electron chi connectivity index (χ1n) is 6.33. The van der Waals surface area contributed by atoms with E-state index in [2.05, 4.69) is 43.2 Å². The minimum Gasteiger partial charge on any atom is -0.361 e. The summed E-state index contributed by atoms with van der Waals surface area (Å²) in [5.41, 5.74) is 4.20. The van der Waals surface area contributed by atoms with Gasteiger partial charge >= 0.3 is 0 Å². The molecular formula is C15H19N. The molecular weight excluding hydrogens is 194 g/mol. The minimum absolute atomic E-state index is 0.774. The summed E-state index contributed by atoms with van der Waals surface area (Å²) in [5.74, 6) is 1.62. The highest BCUT2D eigenvalue weighted by Crippen LogP contribution is 2.41. The SMILES string of the molecule is Cc1ccc2[nH]cc(C3CCCC3C)c2c1. The van der Waals surface area contributed by atoms with Crippen LogP contribution in [0.4, 0.5) is 0 Å². The number of hydrogen-bond donors (Lipinski definition) is 1. The summed E-state index contributed by atoms with van der Waals surface area (Å²) in [6.45, 7) is 4.57. The Morgan fingerprint density at radius 1 is 1.25 bits per heavy atom. The fraction of sp³-hybridized carbons (Fsp3) is 0.467. The van der Waals surface area contributed by atoms with Crippen LogP contribution in [0.25, 0.3) is 10.9 Å². The molecule has 1 aromatic heterocycles. The van der Waals surface area contributed by atoms with Gasteiger partial charge in [-0.1, -0.05) is 31.4 Å². The van der Waals surface area contributed by atoms with Gasteiger partial charge in [0.15, 0.2) is 0 Å². The Bertz CT molecular complexity index is 509. The zero-order chi connectivity index (χ0) is 11.1. The average Bonchev–Trinajstić information content (AvgIpc) is 2.83. The normalized spacial score (nSPS) is 25.4. The van der Waals surface area contributed by atoms with Crippen molar-refractivity contribution in [1.29, 1.82) is 0 Å². The lowest BCUT2D eigenvalue weighted by Gasteiger charge is -2.14. The van der Waals surface area contributed by atoms with Gasteiger partial charge in [0.2, 0.25) is 0 Å². The molecule has 0 spiro atoms. The van der Waals surface area contributed by atoms with Crippen molar-refractivity contribution in [2.24, 2.45) is 5.92 Å². The third-order valence-corrected chi connectivity index (χ3v) is 4.13. The lowest BCUT2D eigenvalue weighted by atomic mass is 9.90. The van der Waals surface area contributed by atoms with Gasteiger partial charge in [0.05, 0.1) is 0 Å². The molecule has 3 rings (SSSR count). The topological polar surface area (TPSA) is 15.8 Å². The first-order valence-corrected chi connectivity index (χ1v) is 6.33. The number of aromatic nitrogens is 1. The van der Waals surface area contributed by atoms with Crippen molar-refractivity contribution in [3.63, 3.8) is 0 Å². The molecule has 0 amide bonds. The molecule has 0 aliphatic heterocycles. The molecule has 0 saturated heterocycles. The lowest BCUT2D eigenvalue weighted by molar-refractivity contribution is 0.536. The fourth-order valence-corrected chi connectivity index (χ4v) is 3.17. The van der Waals surface area contributed by atoms with Crippen molar-refractivity contribution in [1.82, 2.24) is 4.98 Å². The molecule has 2 unspecified atom stereocenters. The van der Waals surface area contributed by atoms with Gasteiger partial charge in [-0.25, -0.2) is 0 Å². The van der Waals surface area contributed by atoms with Crippen LogP contribution in [0.3, 0.4) is 0 Å². The van der Waals surface area contributed by atoms with E-state index in [-0.39, 0.29) is 0 Å².